The third-order valence-electron chi connectivity index (χ3n) is 3.07. The van der Waals surface area contributed by atoms with Gasteiger partial charge in [0.1, 0.15) is 0 Å². The first-order valence-corrected chi connectivity index (χ1v) is 7.02. The van der Waals surface area contributed by atoms with Crippen LogP contribution in [0.3, 0.4) is 0 Å². The molecule has 0 saturated carbocycles. The third kappa shape index (κ3) is 13.9. The standard InChI is InChI=1S/2C8H6O6.Mg.6H2O.2H/c2*9-7(13-11)5-3-1-2-4-6(5)8(10)14-12;;;;;;;;;/h2*1-4,11-12H;;6*1H2;;/q;;+2;;;;;;;2*-1. The molecule has 0 bridgehead atoms. The van der Waals surface area contributed by atoms with Crippen LogP contribution in [0.4, 0.5) is 0 Å². The van der Waals surface area contributed by atoms with Crippen molar-refractivity contribution in [3.8, 4) is 0 Å². The summed E-state index contributed by atoms with van der Waals surface area (Å²) in [5.74, 6) is -4.42. The predicted molar refractivity (Wildman–Crippen MR) is 115 cm³/mol. The minimum absolute atomic E-state index is 0. The van der Waals surface area contributed by atoms with Crippen molar-refractivity contribution < 1.29 is 95.5 Å². The van der Waals surface area contributed by atoms with Gasteiger partial charge in [-0.2, -0.15) is 21.0 Å². The molecule has 2 aromatic rings. The summed E-state index contributed by atoms with van der Waals surface area (Å²) in [7, 11) is 0. The molecule has 0 radical (unpaired) electrons. The second-order valence-corrected chi connectivity index (χ2v) is 4.61. The number of hydrogen-bond acceptors (Lipinski definition) is 12. The van der Waals surface area contributed by atoms with Crippen molar-refractivity contribution in [3.63, 3.8) is 0 Å². The van der Waals surface area contributed by atoms with E-state index in [1.54, 1.807) is 0 Å². The van der Waals surface area contributed by atoms with Crippen molar-refractivity contribution in [1.82, 2.24) is 0 Å². The third-order valence-corrected chi connectivity index (χ3v) is 3.07. The van der Waals surface area contributed by atoms with Crippen LogP contribution in [-0.4, -0.2) is 101 Å². The van der Waals surface area contributed by atoms with E-state index in [4.69, 9.17) is 21.0 Å². The average molecular weight is 531 g/mol. The summed E-state index contributed by atoms with van der Waals surface area (Å²) < 4.78 is 0. The van der Waals surface area contributed by atoms with E-state index < -0.39 is 23.9 Å². The average Bonchev–Trinajstić information content (AvgIpc) is 2.77. The van der Waals surface area contributed by atoms with Crippen molar-refractivity contribution in [2.75, 3.05) is 0 Å². The number of rotatable bonds is 4. The Morgan fingerprint density at radius 2 is 0.600 bits per heavy atom. The van der Waals surface area contributed by atoms with Crippen LogP contribution in [0.5, 0.6) is 0 Å². The maximum Gasteiger partial charge on any atom is 2.00 e. The monoisotopic (exact) mass is 530 g/mol. The van der Waals surface area contributed by atoms with E-state index in [1.807, 2.05) is 0 Å². The molecule has 18 nitrogen and oxygen atoms in total. The Morgan fingerprint density at radius 3 is 0.714 bits per heavy atom. The van der Waals surface area contributed by atoms with Gasteiger partial charge >= 0.3 is 46.9 Å². The first-order valence-electron chi connectivity index (χ1n) is 7.02. The Bertz CT molecular complexity index is 743. The summed E-state index contributed by atoms with van der Waals surface area (Å²) in [6.07, 6.45) is 0. The molecule has 2 rings (SSSR count). The van der Waals surface area contributed by atoms with Gasteiger partial charge in [-0.05, 0) is 24.3 Å². The molecule has 19 heteroatoms. The molecule has 0 aromatic heterocycles. The molecule has 200 valence electrons. The topological polar surface area (TPSA) is 375 Å². The second-order valence-electron chi connectivity index (χ2n) is 4.61. The molecule has 2 aromatic carbocycles. The van der Waals surface area contributed by atoms with Crippen LogP contribution in [0.1, 0.15) is 44.3 Å². The first-order chi connectivity index (χ1) is 13.4. The second kappa shape index (κ2) is 25.3. The maximum atomic E-state index is 10.9. The zero-order valence-electron chi connectivity index (χ0n) is 19.4. The van der Waals surface area contributed by atoms with Gasteiger partial charge in [-0.1, -0.05) is 24.3 Å². The van der Waals surface area contributed by atoms with Crippen LogP contribution in [0.25, 0.3) is 0 Å². The van der Waals surface area contributed by atoms with Crippen LogP contribution >= 0.6 is 0 Å². The van der Waals surface area contributed by atoms with Crippen molar-refractivity contribution in [2.45, 2.75) is 0 Å². The van der Waals surface area contributed by atoms with Gasteiger partial charge in [0.05, 0.1) is 22.3 Å². The number of benzene rings is 2. The van der Waals surface area contributed by atoms with Gasteiger partial charge < -0.3 is 35.7 Å². The SMILES string of the molecule is O.O.O.O.O.O.O=C(OO)c1ccccc1C(=O)OO.O=C(OO)c1ccccc1C(=O)OO.[H-].[H-].[Mg+2]. The molecule has 0 fully saturated rings. The van der Waals surface area contributed by atoms with Gasteiger partial charge in [0.25, 0.3) is 0 Å². The molecule has 0 spiro atoms. The van der Waals surface area contributed by atoms with Gasteiger partial charge in [-0.15, -0.1) is 0 Å². The Balaban J connectivity index is -0.0000000487. The van der Waals surface area contributed by atoms with Gasteiger partial charge in [-0.25, -0.2) is 19.2 Å². The Morgan fingerprint density at radius 1 is 0.457 bits per heavy atom. The normalized spacial score (nSPS) is 7.43. The minimum Gasteiger partial charge on any atom is -1.00 e. The van der Waals surface area contributed by atoms with Crippen molar-refractivity contribution in [1.29, 1.82) is 0 Å². The van der Waals surface area contributed by atoms with Gasteiger partial charge in [0.15, 0.2) is 0 Å². The van der Waals surface area contributed by atoms with E-state index in [-0.39, 0.29) is 81.0 Å². The van der Waals surface area contributed by atoms with Crippen molar-refractivity contribution in [3.05, 3.63) is 70.8 Å². The summed E-state index contributed by atoms with van der Waals surface area (Å²) in [6.45, 7) is 0. The van der Waals surface area contributed by atoms with Gasteiger partial charge in [0.2, 0.25) is 0 Å². The van der Waals surface area contributed by atoms with E-state index in [9.17, 15) is 19.2 Å². The molecular weight excluding hydrogens is 504 g/mol. The fraction of sp³-hybridized carbons (Fsp3) is 0. The van der Waals surface area contributed by atoms with E-state index in [0.29, 0.717) is 0 Å². The molecule has 0 aliphatic rings. The number of carbonyl (C=O) groups is 4. The Hall–Kier alpha value is -3.31. The molecule has 35 heavy (non-hydrogen) atoms. The van der Waals surface area contributed by atoms with Crippen LogP contribution in [0, 0.1) is 0 Å². The largest absolute Gasteiger partial charge is 2.00 e. The molecule has 0 amide bonds. The van der Waals surface area contributed by atoms with E-state index >= 15 is 0 Å². The van der Waals surface area contributed by atoms with Gasteiger partial charge in [0, 0.05) is 0 Å². The summed E-state index contributed by atoms with van der Waals surface area (Å²) in [4.78, 5) is 57.3. The summed E-state index contributed by atoms with van der Waals surface area (Å²) in [5.41, 5.74) is -0.800. The maximum absolute atomic E-state index is 10.9. The van der Waals surface area contributed by atoms with Crippen LogP contribution < -0.4 is 0 Å². The molecule has 0 aliphatic heterocycles. The summed E-state index contributed by atoms with van der Waals surface area (Å²) >= 11 is 0. The first kappa shape index (κ1) is 49.0. The zero-order valence-corrected chi connectivity index (χ0v) is 18.8. The van der Waals surface area contributed by atoms with E-state index in [2.05, 4.69) is 19.6 Å². The predicted octanol–water partition coefficient (Wildman–Crippen LogP) is -3.21. The van der Waals surface area contributed by atoms with Crippen LogP contribution in [-0.2, 0) is 19.6 Å². The van der Waals surface area contributed by atoms with Crippen LogP contribution in [0.15, 0.2) is 48.5 Å². The van der Waals surface area contributed by atoms with Crippen LogP contribution in [0.2, 0.25) is 0 Å². The molecule has 16 N–H and O–H groups in total. The molecule has 0 unspecified atom stereocenters. The van der Waals surface area contributed by atoms with Crippen molar-refractivity contribution >= 4 is 46.9 Å². The number of hydrogen-bond donors (Lipinski definition) is 4. The van der Waals surface area contributed by atoms with E-state index in [1.165, 1.54) is 48.5 Å². The molecule has 0 aliphatic carbocycles. The zero-order chi connectivity index (χ0) is 21.1. The molecule has 0 heterocycles. The van der Waals surface area contributed by atoms with Gasteiger partial charge in [-0.3, -0.25) is 19.6 Å². The molecule has 0 saturated heterocycles. The number of carbonyl (C=O) groups excluding carboxylic acids is 4. The summed E-state index contributed by atoms with van der Waals surface area (Å²) in [5, 5.41) is 32.4. The molecule has 0 atom stereocenters. The Kier molecular flexibility index (Phi) is 35.4. The summed E-state index contributed by atoms with van der Waals surface area (Å²) in [6, 6.07) is 10.8. The minimum atomic E-state index is -1.11. The van der Waals surface area contributed by atoms with Crippen molar-refractivity contribution in [2.24, 2.45) is 0 Å². The molecular formula is C16H26MgO18. The fourth-order valence-corrected chi connectivity index (χ4v) is 1.87. The quantitative estimate of drug-likeness (QED) is 0.131. The smallest absolute Gasteiger partial charge is 1.00 e. The Labute approximate surface area is 213 Å². The fourth-order valence-electron chi connectivity index (χ4n) is 1.87. The van der Waals surface area contributed by atoms with E-state index in [0.717, 1.165) is 0 Å².